The lowest BCUT2D eigenvalue weighted by atomic mass is 10.1. The maximum absolute atomic E-state index is 12.4. The normalized spacial score (nSPS) is 17.1. The van der Waals surface area contributed by atoms with Crippen molar-refractivity contribution in [1.82, 2.24) is 15.0 Å². The van der Waals surface area contributed by atoms with E-state index in [1.54, 1.807) is 6.07 Å². The molecular weight excluding hydrogens is 350 g/mol. The molecule has 4 rings (SSSR count). The van der Waals surface area contributed by atoms with Gasteiger partial charge in [0.2, 0.25) is 17.6 Å². The Bertz CT molecular complexity index is 936. The first-order valence-corrected chi connectivity index (χ1v) is 8.90. The Balaban J connectivity index is 1.49. The predicted molar refractivity (Wildman–Crippen MR) is 98.7 cm³/mol. The molecule has 0 radical (unpaired) electrons. The topological polar surface area (TPSA) is 59.2 Å². The van der Waals surface area contributed by atoms with E-state index in [-0.39, 0.29) is 11.8 Å². The van der Waals surface area contributed by atoms with E-state index in [0.29, 0.717) is 36.2 Å². The Morgan fingerprint density at radius 3 is 2.73 bits per heavy atom. The highest BCUT2D eigenvalue weighted by Crippen LogP contribution is 2.31. The van der Waals surface area contributed by atoms with Gasteiger partial charge in [0.25, 0.3) is 0 Å². The molecule has 0 bridgehead atoms. The first kappa shape index (κ1) is 16.8. The number of nitrogens with zero attached hydrogens (tertiary/aromatic N) is 3. The monoisotopic (exact) mass is 367 g/mol. The maximum atomic E-state index is 12.4. The zero-order chi connectivity index (χ0) is 18.1. The van der Waals surface area contributed by atoms with E-state index in [0.717, 1.165) is 11.1 Å². The molecule has 0 aliphatic carbocycles. The van der Waals surface area contributed by atoms with Crippen molar-refractivity contribution in [3.63, 3.8) is 0 Å². The average molecular weight is 368 g/mol. The van der Waals surface area contributed by atoms with Gasteiger partial charge in [-0.25, -0.2) is 0 Å². The van der Waals surface area contributed by atoms with Crippen LogP contribution in [0, 0.1) is 6.92 Å². The van der Waals surface area contributed by atoms with Crippen LogP contribution in [0.4, 0.5) is 0 Å². The number of halogens is 1. The molecule has 1 unspecified atom stereocenters. The molecule has 26 heavy (non-hydrogen) atoms. The smallest absolute Gasteiger partial charge is 0.232 e. The first-order valence-electron chi connectivity index (χ1n) is 8.52. The van der Waals surface area contributed by atoms with Crippen LogP contribution in [0.1, 0.15) is 29.4 Å². The Morgan fingerprint density at radius 2 is 1.96 bits per heavy atom. The summed E-state index contributed by atoms with van der Waals surface area (Å²) in [6.45, 7) is 3.23. The van der Waals surface area contributed by atoms with Crippen LogP contribution in [0.15, 0.2) is 53.1 Å². The zero-order valence-corrected chi connectivity index (χ0v) is 15.1. The highest BCUT2D eigenvalue weighted by atomic mass is 35.5. The second-order valence-corrected chi connectivity index (χ2v) is 7.00. The summed E-state index contributed by atoms with van der Waals surface area (Å²) in [6, 6.07) is 15.6. The first-order chi connectivity index (χ1) is 12.6. The number of benzene rings is 2. The third-order valence-electron chi connectivity index (χ3n) is 4.61. The molecule has 2 heterocycles. The fourth-order valence-corrected chi connectivity index (χ4v) is 3.38. The molecule has 1 amide bonds. The molecule has 0 spiro atoms. The van der Waals surface area contributed by atoms with Gasteiger partial charge in [-0.3, -0.25) is 4.79 Å². The lowest BCUT2D eigenvalue weighted by Gasteiger charge is -2.16. The molecule has 132 valence electrons. The fourth-order valence-electron chi connectivity index (χ4n) is 3.16. The third-order valence-corrected chi connectivity index (χ3v) is 4.94. The number of likely N-dealkylation sites (tertiary alicyclic amines) is 1. The Kier molecular flexibility index (Phi) is 4.47. The van der Waals surface area contributed by atoms with Crippen LogP contribution in [-0.4, -0.2) is 27.5 Å². The Morgan fingerprint density at radius 1 is 1.19 bits per heavy atom. The second-order valence-electron chi connectivity index (χ2n) is 6.60. The maximum Gasteiger partial charge on any atom is 0.232 e. The van der Waals surface area contributed by atoms with Crippen LogP contribution < -0.4 is 0 Å². The largest absolute Gasteiger partial charge is 0.339 e. The van der Waals surface area contributed by atoms with Gasteiger partial charge in [-0.05, 0) is 24.6 Å². The van der Waals surface area contributed by atoms with E-state index in [1.807, 2.05) is 30.0 Å². The van der Waals surface area contributed by atoms with Gasteiger partial charge in [0.1, 0.15) is 0 Å². The summed E-state index contributed by atoms with van der Waals surface area (Å²) in [5.41, 5.74) is 3.05. The van der Waals surface area contributed by atoms with E-state index in [4.69, 9.17) is 16.1 Å². The molecule has 1 aromatic heterocycles. The van der Waals surface area contributed by atoms with Crippen molar-refractivity contribution in [3.8, 4) is 11.4 Å². The van der Waals surface area contributed by atoms with E-state index in [1.165, 1.54) is 5.56 Å². The number of aromatic nitrogens is 2. The van der Waals surface area contributed by atoms with Crippen LogP contribution in [0.25, 0.3) is 11.4 Å². The molecule has 1 aliphatic rings. The van der Waals surface area contributed by atoms with Crippen molar-refractivity contribution < 1.29 is 9.32 Å². The highest BCUT2D eigenvalue weighted by Gasteiger charge is 2.34. The number of carbonyl (C=O) groups is 1. The van der Waals surface area contributed by atoms with Gasteiger partial charge in [0.05, 0.1) is 10.9 Å². The van der Waals surface area contributed by atoms with Crippen molar-refractivity contribution in [2.75, 3.05) is 6.54 Å². The van der Waals surface area contributed by atoms with Crippen LogP contribution in [0.2, 0.25) is 5.02 Å². The summed E-state index contributed by atoms with van der Waals surface area (Å²) in [5.74, 6) is 0.958. The summed E-state index contributed by atoms with van der Waals surface area (Å²) in [7, 11) is 0. The van der Waals surface area contributed by atoms with E-state index >= 15 is 0 Å². The quantitative estimate of drug-likeness (QED) is 0.693. The summed E-state index contributed by atoms with van der Waals surface area (Å²) in [5, 5.41) is 4.61. The molecule has 5 nitrogen and oxygen atoms in total. The molecule has 2 aromatic carbocycles. The van der Waals surface area contributed by atoms with Gasteiger partial charge in [-0.1, -0.05) is 58.7 Å². The van der Waals surface area contributed by atoms with Gasteiger partial charge in [0.15, 0.2) is 0 Å². The molecular formula is C20H18ClN3O2. The summed E-state index contributed by atoms with van der Waals surface area (Å²) in [4.78, 5) is 18.7. The minimum atomic E-state index is -0.0864. The number of carbonyl (C=O) groups excluding carboxylic acids is 1. The SMILES string of the molecule is Cc1ccc(CN2CC(c3nc(-c4ccccc4Cl)no3)CC2=O)cc1. The molecule has 1 atom stereocenters. The van der Waals surface area contributed by atoms with Gasteiger partial charge in [-0.15, -0.1) is 0 Å². The minimum Gasteiger partial charge on any atom is -0.339 e. The standard InChI is InChI=1S/C20H18ClN3O2/c1-13-6-8-14(9-7-13)11-24-12-15(10-18(24)25)20-22-19(23-26-20)16-4-2-3-5-17(16)21/h2-9,15H,10-12H2,1H3. The van der Waals surface area contributed by atoms with Crippen molar-refractivity contribution in [1.29, 1.82) is 0 Å². The minimum absolute atomic E-state index is 0.0864. The highest BCUT2D eigenvalue weighted by molar-refractivity contribution is 6.33. The van der Waals surface area contributed by atoms with Crippen LogP contribution >= 0.6 is 11.6 Å². The van der Waals surface area contributed by atoms with E-state index in [2.05, 4.69) is 34.4 Å². The molecule has 1 fully saturated rings. The Hall–Kier alpha value is -2.66. The second kappa shape index (κ2) is 6.92. The Labute approximate surface area is 156 Å². The van der Waals surface area contributed by atoms with Crippen molar-refractivity contribution >= 4 is 17.5 Å². The average Bonchev–Trinajstić information content (AvgIpc) is 3.25. The number of hydrogen-bond donors (Lipinski definition) is 0. The van der Waals surface area contributed by atoms with Crippen LogP contribution in [0.5, 0.6) is 0 Å². The summed E-state index contributed by atoms with van der Waals surface area (Å²) >= 11 is 6.19. The number of hydrogen-bond acceptors (Lipinski definition) is 4. The van der Waals surface area contributed by atoms with E-state index in [9.17, 15) is 4.79 Å². The molecule has 1 aliphatic heterocycles. The third kappa shape index (κ3) is 3.35. The van der Waals surface area contributed by atoms with Crippen LogP contribution in [0.3, 0.4) is 0 Å². The van der Waals surface area contributed by atoms with Crippen molar-refractivity contribution in [2.24, 2.45) is 0 Å². The number of amides is 1. The molecule has 6 heteroatoms. The van der Waals surface area contributed by atoms with Gasteiger partial charge in [-0.2, -0.15) is 4.98 Å². The van der Waals surface area contributed by atoms with Crippen molar-refractivity contribution in [2.45, 2.75) is 25.8 Å². The van der Waals surface area contributed by atoms with Crippen molar-refractivity contribution in [3.05, 3.63) is 70.6 Å². The molecule has 0 N–H and O–H groups in total. The number of aryl methyl sites for hydroxylation is 1. The number of rotatable bonds is 4. The molecule has 1 saturated heterocycles. The lowest BCUT2D eigenvalue weighted by molar-refractivity contribution is -0.128. The fraction of sp³-hybridized carbons (Fsp3) is 0.250. The van der Waals surface area contributed by atoms with Gasteiger partial charge < -0.3 is 9.42 Å². The summed E-state index contributed by atoms with van der Waals surface area (Å²) < 4.78 is 5.42. The van der Waals surface area contributed by atoms with Gasteiger partial charge >= 0.3 is 0 Å². The van der Waals surface area contributed by atoms with E-state index < -0.39 is 0 Å². The lowest BCUT2D eigenvalue weighted by Crippen LogP contribution is -2.24. The summed E-state index contributed by atoms with van der Waals surface area (Å²) in [6.07, 6.45) is 0.385. The predicted octanol–water partition coefficient (Wildman–Crippen LogP) is 4.21. The van der Waals surface area contributed by atoms with Gasteiger partial charge in [0, 0.05) is 25.1 Å². The molecule has 0 saturated carbocycles. The zero-order valence-electron chi connectivity index (χ0n) is 14.4. The molecule has 3 aromatic rings. The van der Waals surface area contributed by atoms with Crippen LogP contribution in [-0.2, 0) is 11.3 Å².